The Kier molecular flexibility index (Phi) is 4.93. The monoisotopic (exact) mass is 343 g/mol. The molecule has 24 heavy (non-hydrogen) atoms. The van der Waals surface area contributed by atoms with Crippen LogP contribution in [0.5, 0.6) is 0 Å². The van der Waals surface area contributed by atoms with E-state index in [0.29, 0.717) is 6.42 Å². The fourth-order valence-corrected chi connectivity index (χ4v) is 3.87. The number of halogens is 1. The van der Waals surface area contributed by atoms with E-state index in [1.807, 2.05) is 12.1 Å². The van der Waals surface area contributed by atoms with Crippen molar-refractivity contribution < 1.29 is 9.53 Å². The Hall–Kier alpha value is -1.84. The lowest BCUT2D eigenvalue weighted by Crippen LogP contribution is -2.47. The van der Waals surface area contributed by atoms with Crippen LogP contribution in [0.4, 0.5) is 0 Å². The summed E-state index contributed by atoms with van der Waals surface area (Å²) in [5.41, 5.74) is 3.29. The molecule has 0 amide bonds. The van der Waals surface area contributed by atoms with E-state index in [-0.39, 0.29) is 18.4 Å². The number of rotatable bonds is 2. The number of benzene rings is 2. The molecule has 0 aliphatic carbocycles. The Morgan fingerprint density at radius 1 is 0.958 bits per heavy atom. The summed E-state index contributed by atoms with van der Waals surface area (Å²) in [6.45, 7) is 2.87. The van der Waals surface area contributed by atoms with E-state index in [0.717, 1.165) is 38.0 Å². The lowest BCUT2D eigenvalue weighted by molar-refractivity contribution is -0.169. The molecule has 2 aliphatic heterocycles. The third-order valence-electron chi connectivity index (χ3n) is 5.06. The van der Waals surface area contributed by atoms with Crippen molar-refractivity contribution in [1.29, 1.82) is 0 Å². The first-order valence-corrected chi connectivity index (χ1v) is 8.32. The zero-order valence-corrected chi connectivity index (χ0v) is 14.4. The average Bonchev–Trinajstić information content (AvgIpc) is 2.58. The van der Waals surface area contributed by atoms with Crippen molar-refractivity contribution >= 4 is 18.4 Å². The van der Waals surface area contributed by atoms with Gasteiger partial charge in [0.25, 0.3) is 0 Å². The predicted octanol–water partition coefficient (Wildman–Crippen LogP) is 3.70. The fraction of sp³-hybridized carbons (Fsp3) is 0.350. The second-order valence-electron chi connectivity index (χ2n) is 6.56. The van der Waals surface area contributed by atoms with Gasteiger partial charge in [0.1, 0.15) is 5.60 Å². The van der Waals surface area contributed by atoms with Gasteiger partial charge in [0.15, 0.2) is 0 Å². The summed E-state index contributed by atoms with van der Waals surface area (Å²) < 4.78 is 5.87. The van der Waals surface area contributed by atoms with Crippen molar-refractivity contribution in [1.82, 2.24) is 4.90 Å². The summed E-state index contributed by atoms with van der Waals surface area (Å²) in [5.74, 6) is -0.0831. The number of piperidine rings is 1. The summed E-state index contributed by atoms with van der Waals surface area (Å²) in [4.78, 5) is 14.5. The molecule has 4 rings (SSSR count). The molecule has 1 fully saturated rings. The summed E-state index contributed by atoms with van der Waals surface area (Å²) in [6, 6.07) is 18.8. The van der Waals surface area contributed by atoms with Crippen molar-refractivity contribution in [3.63, 3.8) is 0 Å². The number of hydrogen-bond acceptors (Lipinski definition) is 3. The molecule has 0 radical (unpaired) electrons. The van der Waals surface area contributed by atoms with E-state index in [1.54, 1.807) is 0 Å². The summed E-state index contributed by atoms with van der Waals surface area (Å²) in [6.07, 6.45) is 2.16. The maximum atomic E-state index is 12.0. The zero-order chi connectivity index (χ0) is 15.7. The highest BCUT2D eigenvalue weighted by Gasteiger charge is 2.43. The highest BCUT2D eigenvalue weighted by Crippen LogP contribution is 2.41. The number of hydrogen-bond donors (Lipinski definition) is 0. The average molecular weight is 344 g/mol. The van der Waals surface area contributed by atoms with Crippen LogP contribution in [0.15, 0.2) is 54.6 Å². The van der Waals surface area contributed by atoms with Gasteiger partial charge in [-0.1, -0.05) is 54.6 Å². The van der Waals surface area contributed by atoms with Crippen molar-refractivity contribution in [2.24, 2.45) is 0 Å². The first-order chi connectivity index (χ1) is 11.3. The van der Waals surface area contributed by atoms with Crippen molar-refractivity contribution in [2.75, 3.05) is 13.1 Å². The highest BCUT2D eigenvalue weighted by atomic mass is 35.5. The minimum Gasteiger partial charge on any atom is -0.454 e. The van der Waals surface area contributed by atoms with Gasteiger partial charge >= 0.3 is 5.97 Å². The number of carbonyl (C=O) groups excluding carboxylic acids is 1. The Morgan fingerprint density at radius 2 is 1.62 bits per heavy atom. The van der Waals surface area contributed by atoms with E-state index in [1.165, 1.54) is 11.1 Å². The van der Waals surface area contributed by atoms with Gasteiger partial charge in [-0.05, 0) is 16.7 Å². The molecule has 0 atom stereocenters. The van der Waals surface area contributed by atoms with Crippen LogP contribution >= 0.6 is 12.4 Å². The maximum Gasteiger partial charge on any atom is 0.311 e. The standard InChI is InChI=1S/C20H21NO2.ClH/c22-19-14-17-8-4-5-9-18(17)20(23-19)10-12-21(13-11-20)15-16-6-2-1-3-7-16;/h1-9H,10-15H2;1H. The molecule has 2 aliphatic rings. The number of carbonyl (C=O) groups is 1. The predicted molar refractivity (Wildman–Crippen MR) is 96.1 cm³/mol. The van der Waals surface area contributed by atoms with Crippen molar-refractivity contribution in [2.45, 2.75) is 31.4 Å². The molecule has 0 bridgehead atoms. The quantitative estimate of drug-likeness (QED) is 0.779. The Labute approximate surface area is 149 Å². The van der Waals surface area contributed by atoms with Gasteiger partial charge in [-0.25, -0.2) is 0 Å². The smallest absolute Gasteiger partial charge is 0.311 e. The van der Waals surface area contributed by atoms with Gasteiger partial charge in [0, 0.05) is 32.5 Å². The van der Waals surface area contributed by atoms with Crippen LogP contribution in [0.1, 0.15) is 29.5 Å². The van der Waals surface area contributed by atoms with Crippen molar-refractivity contribution in [3.05, 3.63) is 71.3 Å². The molecule has 1 saturated heterocycles. The molecule has 126 valence electrons. The number of fused-ring (bicyclic) bond motifs is 2. The largest absolute Gasteiger partial charge is 0.454 e. The van der Waals surface area contributed by atoms with Gasteiger partial charge in [-0.2, -0.15) is 0 Å². The van der Waals surface area contributed by atoms with E-state index < -0.39 is 5.60 Å². The number of nitrogens with zero attached hydrogens (tertiary/aromatic N) is 1. The molecule has 4 heteroatoms. The van der Waals surface area contributed by atoms with Crippen molar-refractivity contribution in [3.8, 4) is 0 Å². The number of ether oxygens (including phenoxy) is 1. The Bertz CT molecular complexity index is 709. The topological polar surface area (TPSA) is 29.5 Å². The van der Waals surface area contributed by atoms with Gasteiger partial charge in [-0.3, -0.25) is 9.69 Å². The molecule has 0 N–H and O–H groups in total. The number of likely N-dealkylation sites (tertiary alicyclic amines) is 1. The maximum absolute atomic E-state index is 12.0. The molecule has 1 spiro atoms. The van der Waals surface area contributed by atoms with Crippen LogP contribution in [0, 0.1) is 0 Å². The van der Waals surface area contributed by atoms with Crippen LogP contribution in [0.3, 0.4) is 0 Å². The second-order valence-corrected chi connectivity index (χ2v) is 6.56. The third-order valence-corrected chi connectivity index (χ3v) is 5.06. The lowest BCUT2D eigenvalue weighted by atomic mass is 9.79. The van der Waals surface area contributed by atoms with Crippen LogP contribution in [-0.4, -0.2) is 24.0 Å². The molecule has 0 saturated carbocycles. The van der Waals surface area contributed by atoms with Crippen LogP contribution in [0.25, 0.3) is 0 Å². The Morgan fingerprint density at radius 3 is 2.38 bits per heavy atom. The normalized spacial score (nSPS) is 19.2. The molecule has 2 heterocycles. The van der Waals surface area contributed by atoms with Gasteiger partial charge in [0.05, 0.1) is 6.42 Å². The molecule has 0 aromatic heterocycles. The molecule has 3 nitrogen and oxygen atoms in total. The van der Waals surface area contributed by atoms with E-state index >= 15 is 0 Å². The molecular formula is C20H22ClNO2. The van der Waals surface area contributed by atoms with Crippen LogP contribution in [0.2, 0.25) is 0 Å². The Balaban J connectivity index is 0.00000169. The first kappa shape index (κ1) is 17.0. The van der Waals surface area contributed by atoms with Crippen LogP contribution < -0.4 is 0 Å². The summed E-state index contributed by atoms with van der Waals surface area (Å²) >= 11 is 0. The second kappa shape index (κ2) is 6.96. The summed E-state index contributed by atoms with van der Waals surface area (Å²) in [7, 11) is 0. The van der Waals surface area contributed by atoms with Gasteiger partial charge in [-0.15, -0.1) is 12.4 Å². The van der Waals surface area contributed by atoms with E-state index in [2.05, 4.69) is 47.4 Å². The zero-order valence-electron chi connectivity index (χ0n) is 13.6. The summed E-state index contributed by atoms with van der Waals surface area (Å²) in [5, 5.41) is 0. The fourth-order valence-electron chi connectivity index (χ4n) is 3.87. The number of esters is 1. The van der Waals surface area contributed by atoms with Gasteiger partial charge < -0.3 is 4.74 Å². The SMILES string of the molecule is Cl.O=C1Cc2ccccc2C2(CCN(Cc3ccccc3)CC2)O1. The molecule has 2 aromatic rings. The molecular weight excluding hydrogens is 322 g/mol. The van der Waals surface area contributed by atoms with E-state index in [4.69, 9.17) is 4.74 Å². The first-order valence-electron chi connectivity index (χ1n) is 8.32. The minimum atomic E-state index is -0.404. The van der Waals surface area contributed by atoms with E-state index in [9.17, 15) is 4.79 Å². The third kappa shape index (κ3) is 3.19. The minimum absolute atomic E-state index is 0. The van der Waals surface area contributed by atoms with Gasteiger partial charge in [0.2, 0.25) is 0 Å². The molecule has 0 unspecified atom stereocenters. The lowest BCUT2D eigenvalue weighted by Gasteiger charge is -2.44. The van der Waals surface area contributed by atoms with Crippen LogP contribution in [-0.2, 0) is 28.1 Å². The highest BCUT2D eigenvalue weighted by molar-refractivity contribution is 5.85. The molecule has 2 aromatic carbocycles.